The molecule has 2 heterocycles. The number of rotatable bonds is 1. The SMILES string of the molecule is O=C(O)C1=CN2N=Cc3ccccc3C2C=C1. The molecule has 0 fully saturated rings. The molecule has 4 heteroatoms. The lowest BCUT2D eigenvalue weighted by Crippen LogP contribution is -2.25. The smallest absolute Gasteiger partial charge is 0.337 e. The van der Waals surface area contributed by atoms with Crippen molar-refractivity contribution in [3.05, 3.63) is 59.3 Å². The average Bonchev–Trinajstić information content (AvgIpc) is 2.38. The second-order valence-electron chi connectivity index (χ2n) is 3.95. The zero-order valence-corrected chi connectivity index (χ0v) is 8.95. The zero-order chi connectivity index (χ0) is 11.8. The van der Waals surface area contributed by atoms with Gasteiger partial charge in [-0.3, -0.25) is 5.01 Å². The van der Waals surface area contributed by atoms with E-state index in [1.54, 1.807) is 23.5 Å². The van der Waals surface area contributed by atoms with Crippen LogP contribution in [0.5, 0.6) is 0 Å². The molecule has 1 unspecified atom stereocenters. The van der Waals surface area contributed by atoms with Gasteiger partial charge in [-0.05, 0) is 11.6 Å². The van der Waals surface area contributed by atoms with Gasteiger partial charge in [0.05, 0.1) is 17.8 Å². The highest BCUT2D eigenvalue weighted by molar-refractivity contribution is 5.90. The third kappa shape index (κ3) is 1.54. The molecule has 0 radical (unpaired) electrons. The second kappa shape index (κ2) is 3.59. The maximum absolute atomic E-state index is 10.9. The van der Waals surface area contributed by atoms with Crippen LogP contribution >= 0.6 is 0 Å². The summed E-state index contributed by atoms with van der Waals surface area (Å²) in [5, 5.41) is 14.8. The Morgan fingerprint density at radius 2 is 2.18 bits per heavy atom. The zero-order valence-electron chi connectivity index (χ0n) is 8.95. The average molecular weight is 226 g/mol. The monoisotopic (exact) mass is 226 g/mol. The van der Waals surface area contributed by atoms with Crippen LogP contribution in [0.1, 0.15) is 17.2 Å². The van der Waals surface area contributed by atoms with E-state index in [4.69, 9.17) is 5.11 Å². The Hall–Kier alpha value is -2.36. The minimum absolute atomic E-state index is 0.000648. The Kier molecular flexibility index (Phi) is 2.08. The van der Waals surface area contributed by atoms with E-state index in [-0.39, 0.29) is 11.6 Å². The minimum Gasteiger partial charge on any atom is -0.478 e. The molecule has 84 valence electrons. The first kappa shape index (κ1) is 9.84. The van der Waals surface area contributed by atoms with Crippen LogP contribution in [0.2, 0.25) is 0 Å². The Balaban J connectivity index is 2.04. The van der Waals surface area contributed by atoms with Crippen LogP contribution in [0.4, 0.5) is 0 Å². The molecule has 0 aliphatic carbocycles. The van der Waals surface area contributed by atoms with Gasteiger partial charge >= 0.3 is 5.97 Å². The molecule has 4 nitrogen and oxygen atoms in total. The third-order valence-electron chi connectivity index (χ3n) is 2.91. The maximum atomic E-state index is 10.9. The highest BCUT2D eigenvalue weighted by Gasteiger charge is 2.25. The number of carboxylic acids is 1. The van der Waals surface area contributed by atoms with Crippen LogP contribution in [0.25, 0.3) is 0 Å². The van der Waals surface area contributed by atoms with Crippen LogP contribution in [0.3, 0.4) is 0 Å². The molecule has 3 rings (SSSR count). The van der Waals surface area contributed by atoms with Crippen molar-refractivity contribution in [3.8, 4) is 0 Å². The van der Waals surface area contributed by atoms with Gasteiger partial charge in [-0.1, -0.05) is 30.3 Å². The molecule has 1 atom stereocenters. The normalized spacial score (nSPS) is 20.6. The number of fused-ring (bicyclic) bond motifs is 3. The number of hydrogen-bond acceptors (Lipinski definition) is 3. The summed E-state index contributed by atoms with van der Waals surface area (Å²) in [7, 11) is 0. The van der Waals surface area contributed by atoms with Crippen molar-refractivity contribution < 1.29 is 9.90 Å². The van der Waals surface area contributed by atoms with E-state index in [2.05, 4.69) is 5.10 Å². The van der Waals surface area contributed by atoms with Crippen LogP contribution in [-0.4, -0.2) is 22.3 Å². The van der Waals surface area contributed by atoms with Gasteiger partial charge in [0.2, 0.25) is 0 Å². The van der Waals surface area contributed by atoms with Gasteiger partial charge in [-0.2, -0.15) is 5.10 Å². The predicted octanol–water partition coefficient (Wildman–Crippen LogP) is 1.92. The van der Waals surface area contributed by atoms with E-state index in [0.717, 1.165) is 11.1 Å². The summed E-state index contributed by atoms with van der Waals surface area (Å²) in [5.41, 5.74) is 2.46. The lowest BCUT2D eigenvalue weighted by molar-refractivity contribution is -0.132. The largest absolute Gasteiger partial charge is 0.478 e. The lowest BCUT2D eigenvalue weighted by Gasteiger charge is -2.31. The molecule has 17 heavy (non-hydrogen) atoms. The van der Waals surface area contributed by atoms with Gasteiger partial charge in [0.25, 0.3) is 0 Å². The predicted molar refractivity (Wildman–Crippen MR) is 63.5 cm³/mol. The molecular formula is C13H10N2O2. The first-order valence-electron chi connectivity index (χ1n) is 5.30. The highest BCUT2D eigenvalue weighted by atomic mass is 16.4. The van der Waals surface area contributed by atoms with Crippen molar-refractivity contribution in [1.29, 1.82) is 0 Å². The molecule has 0 saturated heterocycles. The van der Waals surface area contributed by atoms with Crippen molar-refractivity contribution in [2.24, 2.45) is 5.10 Å². The summed E-state index contributed by atoms with van der Waals surface area (Å²) in [6.07, 6.45) is 6.79. The fraction of sp³-hybridized carbons (Fsp3) is 0.0769. The summed E-state index contributed by atoms with van der Waals surface area (Å²) in [6.45, 7) is 0. The fourth-order valence-electron chi connectivity index (χ4n) is 2.05. The van der Waals surface area contributed by atoms with Gasteiger partial charge in [0.1, 0.15) is 0 Å². The van der Waals surface area contributed by atoms with Crippen molar-refractivity contribution in [2.45, 2.75) is 6.04 Å². The van der Waals surface area contributed by atoms with Gasteiger partial charge in [0.15, 0.2) is 0 Å². The van der Waals surface area contributed by atoms with Gasteiger partial charge in [-0.25, -0.2) is 4.79 Å². The first-order valence-corrected chi connectivity index (χ1v) is 5.30. The standard InChI is InChI=1S/C13H10N2O2/c16-13(17)10-5-6-12-11-4-2-1-3-9(11)7-14-15(12)8-10/h1-8,12H,(H,16,17). The Morgan fingerprint density at radius 3 is 3.00 bits per heavy atom. The van der Waals surface area contributed by atoms with Crippen molar-refractivity contribution in [3.63, 3.8) is 0 Å². The molecule has 1 aromatic rings. The summed E-state index contributed by atoms with van der Waals surface area (Å²) >= 11 is 0. The maximum Gasteiger partial charge on any atom is 0.337 e. The highest BCUT2D eigenvalue weighted by Crippen LogP contribution is 2.32. The topological polar surface area (TPSA) is 52.9 Å². The number of hydrogen-bond donors (Lipinski definition) is 1. The number of carboxylic acid groups (broad SMARTS) is 1. The summed E-state index contributed by atoms with van der Waals surface area (Å²) < 4.78 is 0. The molecule has 2 aliphatic rings. The number of nitrogens with zero attached hydrogens (tertiary/aromatic N) is 2. The van der Waals surface area contributed by atoms with E-state index < -0.39 is 5.97 Å². The molecular weight excluding hydrogens is 216 g/mol. The van der Waals surface area contributed by atoms with E-state index in [9.17, 15) is 4.79 Å². The van der Waals surface area contributed by atoms with E-state index >= 15 is 0 Å². The number of benzene rings is 1. The molecule has 0 saturated carbocycles. The first-order chi connectivity index (χ1) is 8.25. The summed E-state index contributed by atoms with van der Waals surface area (Å²) in [6, 6.07) is 7.97. The fourth-order valence-corrected chi connectivity index (χ4v) is 2.05. The Bertz CT molecular complexity index is 573. The molecule has 1 N–H and O–H groups in total. The Labute approximate surface area is 98.2 Å². The Morgan fingerprint density at radius 1 is 1.35 bits per heavy atom. The van der Waals surface area contributed by atoms with Crippen molar-refractivity contribution in [1.82, 2.24) is 5.01 Å². The third-order valence-corrected chi connectivity index (χ3v) is 2.91. The number of hydrazone groups is 1. The van der Waals surface area contributed by atoms with Gasteiger partial charge in [-0.15, -0.1) is 0 Å². The van der Waals surface area contributed by atoms with Crippen molar-refractivity contribution >= 4 is 12.2 Å². The van der Waals surface area contributed by atoms with Crippen LogP contribution < -0.4 is 0 Å². The molecule has 1 aromatic carbocycles. The molecule has 0 amide bonds. The molecule has 0 bridgehead atoms. The molecule has 2 aliphatic heterocycles. The lowest BCUT2D eigenvalue weighted by atomic mass is 9.96. The van der Waals surface area contributed by atoms with Crippen LogP contribution in [0, 0.1) is 0 Å². The van der Waals surface area contributed by atoms with Crippen LogP contribution in [0.15, 0.2) is 53.3 Å². The second-order valence-corrected chi connectivity index (χ2v) is 3.95. The van der Waals surface area contributed by atoms with Crippen molar-refractivity contribution in [2.75, 3.05) is 0 Å². The van der Waals surface area contributed by atoms with Crippen LogP contribution in [-0.2, 0) is 4.79 Å². The summed E-state index contributed by atoms with van der Waals surface area (Å²) in [4.78, 5) is 10.9. The van der Waals surface area contributed by atoms with E-state index in [0.29, 0.717) is 0 Å². The van der Waals surface area contributed by atoms with E-state index in [1.807, 2.05) is 30.3 Å². The van der Waals surface area contributed by atoms with E-state index in [1.165, 1.54) is 0 Å². The number of aliphatic carboxylic acids is 1. The molecule has 0 aromatic heterocycles. The number of carbonyl (C=O) groups is 1. The minimum atomic E-state index is -0.936. The molecule has 0 spiro atoms. The quantitative estimate of drug-likeness (QED) is 0.795. The van der Waals surface area contributed by atoms with Gasteiger partial charge < -0.3 is 5.11 Å². The van der Waals surface area contributed by atoms with Gasteiger partial charge in [0, 0.05) is 11.8 Å². The summed E-state index contributed by atoms with van der Waals surface area (Å²) in [5.74, 6) is -0.936.